The number of carbonyl (C=O) groups is 1. The molecule has 0 N–H and O–H groups in total. The van der Waals surface area contributed by atoms with Crippen molar-refractivity contribution in [3.05, 3.63) is 0 Å². The van der Waals surface area contributed by atoms with Gasteiger partial charge in [0.05, 0.1) is 18.6 Å². The van der Waals surface area contributed by atoms with E-state index in [-0.39, 0.29) is 11.5 Å². The van der Waals surface area contributed by atoms with Crippen LogP contribution in [0.15, 0.2) is 0 Å². The van der Waals surface area contributed by atoms with Crippen LogP contribution in [0.5, 0.6) is 0 Å². The van der Waals surface area contributed by atoms with Gasteiger partial charge in [0.15, 0.2) is 0 Å². The first kappa shape index (κ1) is 23.4. The van der Waals surface area contributed by atoms with Crippen LogP contribution in [-0.4, -0.2) is 36.1 Å². The minimum absolute atomic E-state index is 0.161. The lowest BCUT2D eigenvalue weighted by atomic mass is 10.1. The van der Waals surface area contributed by atoms with Gasteiger partial charge in [-0.05, 0) is 33.6 Å². The lowest BCUT2D eigenvalue weighted by molar-refractivity contribution is -0.133. The molecule has 0 atom stereocenters. The van der Waals surface area contributed by atoms with Crippen molar-refractivity contribution in [1.29, 1.82) is 0 Å². The highest BCUT2D eigenvalue weighted by Gasteiger charge is 2.15. The molecule has 0 unspecified atom stereocenters. The monoisotopic (exact) mass is 341 g/mol. The zero-order valence-electron chi connectivity index (χ0n) is 17.2. The van der Waals surface area contributed by atoms with Crippen molar-refractivity contribution in [2.24, 2.45) is 0 Å². The molecule has 0 spiro atoms. The van der Waals surface area contributed by atoms with E-state index in [9.17, 15) is 4.79 Å². The second kappa shape index (κ2) is 14.7. The van der Waals surface area contributed by atoms with Crippen LogP contribution < -0.4 is 0 Å². The number of amides is 1. The second-order valence-corrected chi connectivity index (χ2v) is 7.92. The Balaban J connectivity index is 4.14. The molecule has 3 nitrogen and oxygen atoms in total. The van der Waals surface area contributed by atoms with E-state index < -0.39 is 0 Å². The maximum atomic E-state index is 12.5. The summed E-state index contributed by atoms with van der Waals surface area (Å²) in [5.74, 6) is 0.269. The predicted octanol–water partition coefficient (Wildman–Crippen LogP) is 5.96. The molecule has 0 aliphatic rings. The summed E-state index contributed by atoms with van der Waals surface area (Å²) in [5, 5.41) is 0. The quantitative estimate of drug-likeness (QED) is 0.344. The van der Waals surface area contributed by atoms with Crippen LogP contribution in [0.2, 0.25) is 0 Å². The summed E-state index contributed by atoms with van der Waals surface area (Å²) in [6, 6.07) is 0. The molecular weight excluding hydrogens is 298 g/mol. The van der Waals surface area contributed by atoms with E-state index in [1.54, 1.807) is 0 Å². The first-order valence-corrected chi connectivity index (χ1v) is 10.3. The van der Waals surface area contributed by atoms with Gasteiger partial charge in [0, 0.05) is 13.1 Å². The highest BCUT2D eigenvalue weighted by Crippen LogP contribution is 2.11. The van der Waals surface area contributed by atoms with Crippen LogP contribution in [0.1, 0.15) is 105 Å². The summed E-state index contributed by atoms with van der Waals surface area (Å²) in [7, 11) is 0. The van der Waals surface area contributed by atoms with E-state index in [2.05, 4.69) is 18.7 Å². The first-order chi connectivity index (χ1) is 11.4. The average Bonchev–Trinajstić information content (AvgIpc) is 2.51. The number of nitrogens with zero attached hydrogens (tertiary/aromatic N) is 1. The average molecular weight is 342 g/mol. The molecule has 24 heavy (non-hydrogen) atoms. The normalized spacial score (nSPS) is 11.7. The first-order valence-electron chi connectivity index (χ1n) is 10.3. The van der Waals surface area contributed by atoms with E-state index in [0.717, 1.165) is 25.9 Å². The Labute approximate surface area is 151 Å². The molecule has 0 fully saturated rings. The molecule has 0 aromatic heterocycles. The maximum absolute atomic E-state index is 12.5. The van der Waals surface area contributed by atoms with Crippen LogP contribution in [-0.2, 0) is 9.53 Å². The molecule has 144 valence electrons. The van der Waals surface area contributed by atoms with Gasteiger partial charge in [0.2, 0.25) is 5.91 Å². The largest absolute Gasteiger partial charge is 0.375 e. The van der Waals surface area contributed by atoms with E-state index in [4.69, 9.17) is 4.74 Å². The summed E-state index contributed by atoms with van der Waals surface area (Å²) in [5.41, 5.74) is -0.161. The van der Waals surface area contributed by atoms with Crippen LogP contribution in [0.3, 0.4) is 0 Å². The smallest absolute Gasteiger partial charge is 0.224 e. The van der Waals surface area contributed by atoms with Gasteiger partial charge in [-0.3, -0.25) is 4.79 Å². The Morgan fingerprint density at radius 1 is 0.792 bits per heavy atom. The van der Waals surface area contributed by atoms with E-state index >= 15 is 0 Å². The Hall–Kier alpha value is -0.570. The van der Waals surface area contributed by atoms with Crippen LogP contribution in [0.4, 0.5) is 0 Å². The fourth-order valence-corrected chi connectivity index (χ4v) is 2.78. The van der Waals surface area contributed by atoms with Crippen molar-refractivity contribution in [1.82, 2.24) is 4.90 Å². The summed E-state index contributed by atoms with van der Waals surface area (Å²) in [4.78, 5) is 14.6. The maximum Gasteiger partial charge on any atom is 0.224 e. The summed E-state index contributed by atoms with van der Waals surface area (Å²) in [6.45, 7) is 13.0. The van der Waals surface area contributed by atoms with Crippen molar-refractivity contribution in [2.45, 2.75) is 111 Å². The van der Waals surface area contributed by atoms with Gasteiger partial charge in [-0.25, -0.2) is 0 Å². The third-order valence-electron chi connectivity index (χ3n) is 4.27. The third-order valence-corrected chi connectivity index (χ3v) is 4.27. The number of ether oxygens (including phenoxy) is 1. The SMILES string of the molecule is CCCCCCCN(CCCCCCC)C(=O)CCOC(C)(C)C. The van der Waals surface area contributed by atoms with Gasteiger partial charge in [-0.15, -0.1) is 0 Å². The Morgan fingerprint density at radius 2 is 1.25 bits per heavy atom. The molecule has 1 amide bonds. The topological polar surface area (TPSA) is 29.5 Å². The summed E-state index contributed by atoms with van der Waals surface area (Å²) in [6.07, 6.45) is 13.0. The van der Waals surface area contributed by atoms with E-state index in [1.807, 2.05) is 20.8 Å². The third kappa shape index (κ3) is 15.0. The van der Waals surface area contributed by atoms with Crippen LogP contribution >= 0.6 is 0 Å². The molecule has 0 aliphatic heterocycles. The van der Waals surface area contributed by atoms with Gasteiger partial charge >= 0.3 is 0 Å². The van der Waals surface area contributed by atoms with Gasteiger partial charge in [-0.1, -0.05) is 65.2 Å². The van der Waals surface area contributed by atoms with Crippen molar-refractivity contribution < 1.29 is 9.53 Å². The number of unbranched alkanes of at least 4 members (excludes halogenated alkanes) is 8. The molecule has 0 bridgehead atoms. The lowest BCUT2D eigenvalue weighted by Gasteiger charge is -2.24. The Morgan fingerprint density at radius 3 is 1.67 bits per heavy atom. The van der Waals surface area contributed by atoms with Crippen molar-refractivity contribution in [2.75, 3.05) is 19.7 Å². The molecule has 0 aromatic rings. The Bertz CT molecular complexity index is 283. The lowest BCUT2D eigenvalue weighted by Crippen LogP contribution is -2.34. The Kier molecular flexibility index (Phi) is 14.4. The van der Waals surface area contributed by atoms with Gasteiger partial charge < -0.3 is 9.64 Å². The number of carbonyl (C=O) groups excluding carboxylic acids is 1. The standard InChI is InChI=1S/C21H43NO2/c1-6-8-10-12-14-17-22(18-15-13-11-9-7-2)20(23)16-19-24-21(3,4)5/h6-19H2,1-5H3. The molecule has 0 rings (SSSR count). The van der Waals surface area contributed by atoms with Gasteiger partial charge in [-0.2, -0.15) is 0 Å². The van der Waals surface area contributed by atoms with Gasteiger partial charge in [0.1, 0.15) is 0 Å². The molecule has 0 radical (unpaired) electrons. The molecule has 0 saturated carbocycles. The molecule has 0 aromatic carbocycles. The second-order valence-electron chi connectivity index (χ2n) is 7.92. The van der Waals surface area contributed by atoms with E-state index in [0.29, 0.717) is 13.0 Å². The van der Waals surface area contributed by atoms with Crippen LogP contribution in [0.25, 0.3) is 0 Å². The number of rotatable bonds is 15. The molecular formula is C21H43NO2. The zero-order chi connectivity index (χ0) is 18.3. The number of hydrogen-bond donors (Lipinski definition) is 0. The highest BCUT2D eigenvalue weighted by molar-refractivity contribution is 5.76. The van der Waals surface area contributed by atoms with E-state index in [1.165, 1.54) is 51.4 Å². The van der Waals surface area contributed by atoms with Crippen molar-refractivity contribution >= 4 is 5.91 Å². The molecule has 0 heterocycles. The highest BCUT2D eigenvalue weighted by atomic mass is 16.5. The number of hydrogen-bond acceptors (Lipinski definition) is 2. The van der Waals surface area contributed by atoms with Crippen molar-refractivity contribution in [3.8, 4) is 0 Å². The predicted molar refractivity (Wildman–Crippen MR) is 104 cm³/mol. The van der Waals surface area contributed by atoms with Crippen LogP contribution in [0, 0.1) is 0 Å². The molecule has 0 aliphatic carbocycles. The van der Waals surface area contributed by atoms with Gasteiger partial charge in [0.25, 0.3) is 0 Å². The fraction of sp³-hybridized carbons (Fsp3) is 0.952. The molecule has 3 heteroatoms. The fourth-order valence-electron chi connectivity index (χ4n) is 2.78. The minimum Gasteiger partial charge on any atom is -0.375 e. The summed E-state index contributed by atoms with van der Waals surface area (Å²) < 4.78 is 5.72. The minimum atomic E-state index is -0.161. The van der Waals surface area contributed by atoms with Crippen molar-refractivity contribution in [3.63, 3.8) is 0 Å². The zero-order valence-corrected chi connectivity index (χ0v) is 17.2. The molecule has 0 saturated heterocycles. The summed E-state index contributed by atoms with van der Waals surface area (Å²) >= 11 is 0.